The van der Waals surface area contributed by atoms with E-state index in [1.807, 2.05) is 30.6 Å². The Morgan fingerprint density at radius 3 is 2.62 bits per heavy atom. The van der Waals surface area contributed by atoms with Crippen LogP contribution in [0.25, 0.3) is 10.9 Å². The number of nitrogens with one attached hydrogen (secondary N) is 1. The number of aromatic nitrogens is 1. The number of aryl methyl sites for hydroxylation is 1. The van der Waals surface area contributed by atoms with Crippen LogP contribution in [0.4, 0.5) is 4.79 Å². The molecule has 1 heterocycles. The van der Waals surface area contributed by atoms with E-state index in [9.17, 15) is 14.4 Å². The fourth-order valence-corrected chi connectivity index (χ4v) is 2.00. The maximum Gasteiger partial charge on any atom is 0.341 e. The molecule has 21 heavy (non-hydrogen) atoms. The minimum atomic E-state index is -1.12. The number of para-hydroxylation sites is 1. The van der Waals surface area contributed by atoms with Gasteiger partial charge in [0.15, 0.2) is 6.10 Å². The van der Waals surface area contributed by atoms with E-state index >= 15 is 0 Å². The fraction of sp³-hybridized carbons (Fsp3) is 0.214. The second kappa shape index (κ2) is 5.66. The Morgan fingerprint density at radius 1 is 1.29 bits per heavy atom. The van der Waals surface area contributed by atoms with E-state index in [4.69, 9.17) is 10.5 Å². The van der Waals surface area contributed by atoms with Crippen molar-refractivity contribution in [3.63, 3.8) is 0 Å². The molecule has 7 nitrogen and oxygen atoms in total. The van der Waals surface area contributed by atoms with Gasteiger partial charge in [-0.25, -0.2) is 9.59 Å². The molecule has 3 amide bonds. The summed E-state index contributed by atoms with van der Waals surface area (Å²) in [5.74, 6) is -1.41. The molecule has 0 aliphatic rings. The van der Waals surface area contributed by atoms with Gasteiger partial charge in [-0.1, -0.05) is 18.2 Å². The van der Waals surface area contributed by atoms with Crippen LogP contribution in [0.1, 0.15) is 17.3 Å². The number of hydrogen-bond donors (Lipinski definition) is 2. The van der Waals surface area contributed by atoms with Gasteiger partial charge < -0.3 is 15.0 Å². The number of primary amides is 1. The van der Waals surface area contributed by atoms with E-state index in [0.717, 1.165) is 10.9 Å². The Morgan fingerprint density at radius 2 is 1.95 bits per heavy atom. The van der Waals surface area contributed by atoms with Crippen LogP contribution in [0.2, 0.25) is 0 Å². The molecule has 0 saturated heterocycles. The highest BCUT2D eigenvalue weighted by Gasteiger charge is 2.22. The Kier molecular flexibility index (Phi) is 3.93. The van der Waals surface area contributed by atoms with E-state index in [1.54, 1.807) is 16.8 Å². The van der Waals surface area contributed by atoms with Crippen molar-refractivity contribution in [2.75, 3.05) is 0 Å². The maximum absolute atomic E-state index is 12.1. The van der Waals surface area contributed by atoms with Gasteiger partial charge in [-0.05, 0) is 13.0 Å². The average Bonchev–Trinajstić information content (AvgIpc) is 2.76. The number of imide groups is 1. The van der Waals surface area contributed by atoms with Gasteiger partial charge in [0, 0.05) is 24.1 Å². The van der Waals surface area contributed by atoms with Gasteiger partial charge in [0.05, 0.1) is 5.56 Å². The number of carbonyl (C=O) groups excluding carboxylic acids is 3. The monoisotopic (exact) mass is 289 g/mol. The minimum Gasteiger partial charge on any atom is -0.449 e. The molecule has 1 aromatic carbocycles. The van der Waals surface area contributed by atoms with E-state index in [-0.39, 0.29) is 0 Å². The normalized spacial score (nSPS) is 11.9. The van der Waals surface area contributed by atoms with E-state index in [1.165, 1.54) is 6.92 Å². The molecule has 1 aromatic heterocycles. The van der Waals surface area contributed by atoms with Crippen LogP contribution < -0.4 is 11.1 Å². The smallest absolute Gasteiger partial charge is 0.341 e. The quantitative estimate of drug-likeness (QED) is 0.820. The molecule has 0 aliphatic carbocycles. The van der Waals surface area contributed by atoms with E-state index < -0.39 is 24.0 Å². The number of urea groups is 1. The summed E-state index contributed by atoms with van der Waals surface area (Å²) >= 11 is 0. The third-order valence-corrected chi connectivity index (χ3v) is 3.02. The highest BCUT2D eigenvalue weighted by Crippen LogP contribution is 2.21. The third-order valence-electron chi connectivity index (χ3n) is 3.02. The summed E-state index contributed by atoms with van der Waals surface area (Å²) in [6.45, 7) is 1.36. The molecule has 0 radical (unpaired) electrons. The summed E-state index contributed by atoms with van der Waals surface area (Å²) in [6, 6.07) is 6.34. The van der Waals surface area contributed by atoms with Crippen molar-refractivity contribution in [2.24, 2.45) is 12.8 Å². The first-order valence-corrected chi connectivity index (χ1v) is 6.25. The molecule has 0 unspecified atom stereocenters. The number of amides is 3. The molecule has 0 bridgehead atoms. The molecule has 2 rings (SSSR count). The second-order valence-electron chi connectivity index (χ2n) is 4.57. The van der Waals surface area contributed by atoms with Crippen molar-refractivity contribution in [1.29, 1.82) is 0 Å². The Labute approximate surface area is 120 Å². The first-order valence-electron chi connectivity index (χ1n) is 6.25. The molecule has 7 heteroatoms. The molecule has 1 atom stereocenters. The first kappa shape index (κ1) is 14.6. The van der Waals surface area contributed by atoms with Gasteiger partial charge in [-0.3, -0.25) is 10.1 Å². The largest absolute Gasteiger partial charge is 0.449 e. The fourth-order valence-electron chi connectivity index (χ4n) is 2.00. The van der Waals surface area contributed by atoms with Crippen molar-refractivity contribution in [1.82, 2.24) is 9.88 Å². The van der Waals surface area contributed by atoms with Gasteiger partial charge in [-0.15, -0.1) is 0 Å². The number of nitrogens with zero attached hydrogens (tertiary/aromatic N) is 1. The molecule has 0 fully saturated rings. The number of fused-ring (bicyclic) bond motifs is 1. The molecule has 0 aliphatic heterocycles. The predicted octanol–water partition coefficient (Wildman–Crippen LogP) is 0.919. The summed E-state index contributed by atoms with van der Waals surface area (Å²) in [5.41, 5.74) is 6.06. The average molecular weight is 289 g/mol. The van der Waals surface area contributed by atoms with Gasteiger partial charge in [0.25, 0.3) is 5.91 Å². The van der Waals surface area contributed by atoms with Crippen molar-refractivity contribution >= 4 is 28.8 Å². The first-order chi connectivity index (χ1) is 9.90. The van der Waals surface area contributed by atoms with E-state index in [0.29, 0.717) is 5.56 Å². The predicted molar refractivity (Wildman–Crippen MR) is 75.5 cm³/mol. The molecule has 0 saturated carbocycles. The standard InChI is InChI=1S/C14H15N3O4/c1-8(12(18)16-14(15)20)21-13(19)10-7-17(2)11-6-4-3-5-9(10)11/h3-8H,1-2H3,(H3,15,16,18,20)/t8-/m1/s1. The van der Waals surface area contributed by atoms with Gasteiger partial charge in [0.1, 0.15) is 0 Å². The molecule has 0 spiro atoms. The maximum atomic E-state index is 12.1. The number of hydrogen-bond acceptors (Lipinski definition) is 4. The molecular weight excluding hydrogens is 274 g/mol. The van der Waals surface area contributed by atoms with E-state index in [2.05, 4.69) is 0 Å². The van der Waals surface area contributed by atoms with Crippen LogP contribution in [0, 0.1) is 0 Å². The Bertz CT molecular complexity index is 720. The molecular formula is C14H15N3O4. The van der Waals surface area contributed by atoms with Crippen LogP contribution in [0.5, 0.6) is 0 Å². The SMILES string of the molecule is C[C@@H](OC(=O)c1cn(C)c2ccccc12)C(=O)NC(N)=O. The zero-order valence-electron chi connectivity index (χ0n) is 11.6. The summed E-state index contributed by atoms with van der Waals surface area (Å²) in [4.78, 5) is 34.2. The lowest BCUT2D eigenvalue weighted by Gasteiger charge is -2.11. The van der Waals surface area contributed by atoms with Gasteiger partial charge in [-0.2, -0.15) is 0 Å². The number of esters is 1. The Hall–Kier alpha value is -2.83. The minimum absolute atomic E-state index is 0.354. The second-order valence-corrected chi connectivity index (χ2v) is 4.57. The number of carbonyl (C=O) groups is 3. The Balaban J connectivity index is 2.19. The van der Waals surface area contributed by atoms with Crippen LogP contribution in [0.15, 0.2) is 30.5 Å². The van der Waals surface area contributed by atoms with Crippen LogP contribution in [-0.4, -0.2) is 28.6 Å². The van der Waals surface area contributed by atoms with Crippen LogP contribution in [-0.2, 0) is 16.6 Å². The summed E-state index contributed by atoms with van der Waals surface area (Å²) < 4.78 is 6.84. The lowest BCUT2D eigenvalue weighted by Crippen LogP contribution is -2.42. The highest BCUT2D eigenvalue weighted by atomic mass is 16.5. The van der Waals surface area contributed by atoms with Crippen molar-refractivity contribution in [3.8, 4) is 0 Å². The van der Waals surface area contributed by atoms with Crippen molar-refractivity contribution < 1.29 is 19.1 Å². The van der Waals surface area contributed by atoms with Crippen molar-refractivity contribution in [2.45, 2.75) is 13.0 Å². The summed E-state index contributed by atoms with van der Waals surface area (Å²) in [6.07, 6.45) is 0.509. The summed E-state index contributed by atoms with van der Waals surface area (Å²) in [7, 11) is 1.81. The molecule has 110 valence electrons. The number of benzene rings is 1. The number of rotatable bonds is 3. The third kappa shape index (κ3) is 3.02. The lowest BCUT2D eigenvalue weighted by atomic mass is 10.2. The zero-order valence-corrected chi connectivity index (χ0v) is 11.6. The molecule has 3 N–H and O–H groups in total. The topological polar surface area (TPSA) is 103 Å². The highest BCUT2D eigenvalue weighted by molar-refractivity contribution is 6.05. The van der Waals surface area contributed by atoms with Crippen LogP contribution in [0.3, 0.4) is 0 Å². The zero-order chi connectivity index (χ0) is 15.6. The van der Waals surface area contributed by atoms with Crippen LogP contribution >= 0.6 is 0 Å². The molecule has 2 aromatic rings. The lowest BCUT2D eigenvalue weighted by molar-refractivity contribution is -0.127. The summed E-state index contributed by atoms with van der Waals surface area (Å²) in [5, 5.41) is 2.59. The number of nitrogens with two attached hydrogens (primary N) is 1. The van der Waals surface area contributed by atoms with Gasteiger partial charge in [0.2, 0.25) is 0 Å². The number of ether oxygens (including phenoxy) is 1. The van der Waals surface area contributed by atoms with Crippen molar-refractivity contribution in [3.05, 3.63) is 36.0 Å². The van der Waals surface area contributed by atoms with Gasteiger partial charge >= 0.3 is 12.0 Å².